The number of amides is 1. The van der Waals surface area contributed by atoms with E-state index in [0.717, 1.165) is 0 Å². The van der Waals surface area contributed by atoms with Crippen molar-refractivity contribution in [2.24, 2.45) is 5.73 Å². The third kappa shape index (κ3) is 0.833. The minimum absolute atomic E-state index is 0.414. The third-order valence-electron chi connectivity index (χ3n) is 1.59. The summed E-state index contributed by atoms with van der Waals surface area (Å²) in [6.45, 7) is 0. The van der Waals surface area contributed by atoms with Gasteiger partial charge in [0, 0.05) is 6.20 Å². The number of hydrogen-bond acceptors (Lipinski definition) is 3. The number of aromatic nitrogens is 3. The molecule has 2 rings (SSSR count). The Morgan fingerprint density at radius 1 is 1.58 bits per heavy atom. The highest BCUT2D eigenvalue weighted by Crippen LogP contribution is 2.06. The molecular weight excluding hydrogens is 156 g/mol. The molecule has 0 aromatic carbocycles. The Balaban J connectivity index is 2.79. The van der Waals surface area contributed by atoms with Crippen molar-refractivity contribution in [3.63, 3.8) is 0 Å². The first-order valence-electron chi connectivity index (χ1n) is 3.36. The molecule has 2 N–H and O–H groups in total. The van der Waals surface area contributed by atoms with Crippen molar-refractivity contribution >= 4 is 11.4 Å². The standard InChI is InChI=1S/C7H6N4O/c8-7(12)5-3-10-11-4-9-2-1-6(5)11/h1-4H,(H2,8,12). The molecule has 60 valence electrons. The maximum Gasteiger partial charge on any atom is 0.252 e. The summed E-state index contributed by atoms with van der Waals surface area (Å²) in [4.78, 5) is 14.7. The fourth-order valence-electron chi connectivity index (χ4n) is 1.03. The van der Waals surface area contributed by atoms with Crippen molar-refractivity contribution in [1.29, 1.82) is 0 Å². The summed E-state index contributed by atoms with van der Waals surface area (Å²) in [7, 11) is 0. The Kier molecular flexibility index (Phi) is 1.30. The van der Waals surface area contributed by atoms with Crippen LogP contribution in [0.25, 0.3) is 5.52 Å². The van der Waals surface area contributed by atoms with Crippen LogP contribution in [0, 0.1) is 0 Å². The van der Waals surface area contributed by atoms with Crippen LogP contribution < -0.4 is 5.73 Å². The molecule has 0 aliphatic rings. The number of rotatable bonds is 1. The molecule has 0 radical (unpaired) electrons. The second-order valence-corrected chi connectivity index (χ2v) is 2.33. The normalized spacial score (nSPS) is 10.3. The summed E-state index contributed by atoms with van der Waals surface area (Å²) < 4.78 is 1.50. The van der Waals surface area contributed by atoms with Crippen molar-refractivity contribution in [3.8, 4) is 0 Å². The molecule has 2 aromatic heterocycles. The molecular formula is C7H6N4O. The lowest BCUT2D eigenvalue weighted by atomic mass is 10.3. The average molecular weight is 162 g/mol. The molecule has 1 amide bonds. The van der Waals surface area contributed by atoms with Crippen LogP contribution in [0.2, 0.25) is 0 Å². The zero-order valence-corrected chi connectivity index (χ0v) is 6.14. The van der Waals surface area contributed by atoms with Crippen LogP contribution in [0.5, 0.6) is 0 Å². The highest BCUT2D eigenvalue weighted by atomic mass is 16.1. The summed E-state index contributed by atoms with van der Waals surface area (Å²) in [6, 6.07) is 1.69. The number of hydrogen-bond donors (Lipinski definition) is 1. The third-order valence-corrected chi connectivity index (χ3v) is 1.59. The Morgan fingerprint density at radius 3 is 3.17 bits per heavy atom. The van der Waals surface area contributed by atoms with E-state index >= 15 is 0 Å². The lowest BCUT2D eigenvalue weighted by Crippen LogP contribution is -2.10. The van der Waals surface area contributed by atoms with Gasteiger partial charge in [-0.15, -0.1) is 0 Å². The van der Waals surface area contributed by atoms with Gasteiger partial charge in [-0.2, -0.15) is 5.10 Å². The molecule has 5 nitrogen and oxygen atoms in total. The molecule has 0 bridgehead atoms. The van der Waals surface area contributed by atoms with E-state index in [0.29, 0.717) is 11.1 Å². The quantitative estimate of drug-likeness (QED) is 0.632. The van der Waals surface area contributed by atoms with Crippen molar-refractivity contribution in [3.05, 3.63) is 30.4 Å². The Bertz CT molecular complexity index is 434. The maximum absolute atomic E-state index is 10.8. The molecule has 12 heavy (non-hydrogen) atoms. The van der Waals surface area contributed by atoms with E-state index in [9.17, 15) is 4.79 Å². The second-order valence-electron chi connectivity index (χ2n) is 2.33. The van der Waals surface area contributed by atoms with Gasteiger partial charge in [-0.1, -0.05) is 0 Å². The van der Waals surface area contributed by atoms with E-state index in [2.05, 4.69) is 10.1 Å². The van der Waals surface area contributed by atoms with Crippen molar-refractivity contribution < 1.29 is 4.79 Å². The topological polar surface area (TPSA) is 73.3 Å². The molecule has 0 spiro atoms. The molecule has 0 aliphatic heterocycles. The Morgan fingerprint density at radius 2 is 2.42 bits per heavy atom. The first-order valence-corrected chi connectivity index (χ1v) is 3.36. The van der Waals surface area contributed by atoms with Gasteiger partial charge in [0.25, 0.3) is 5.91 Å². The monoisotopic (exact) mass is 162 g/mol. The van der Waals surface area contributed by atoms with Gasteiger partial charge < -0.3 is 5.73 Å². The van der Waals surface area contributed by atoms with Gasteiger partial charge in [0.1, 0.15) is 6.33 Å². The molecule has 0 unspecified atom stereocenters. The zero-order valence-electron chi connectivity index (χ0n) is 6.14. The minimum atomic E-state index is -0.476. The number of nitrogens with zero attached hydrogens (tertiary/aromatic N) is 3. The average Bonchev–Trinajstić information content (AvgIpc) is 2.47. The second kappa shape index (κ2) is 2.30. The van der Waals surface area contributed by atoms with Gasteiger partial charge in [-0.25, -0.2) is 9.50 Å². The Hall–Kier alpha value is -1.91. The lowest BCUT2D eigenvalue weighted by Gasteiger charge is -1.91. The first kappa shape index (κ1) is 6.78. The molecule has 0 saturated carbocycles. The van der Waals surface area contributed by atoms with Crippen LogP contribution in [0.15, 0.2) is 24.8 Å². The predicted molar refractivity (Wildman–Crippen MR) is 41.5 cm³/mol. The maximum atomic E-state index is 10.8. The van der Waals surface area contributed by atoms with Crippen LogP contribution in [0.1, 0.15) is 10.4 Å². The zero-order chi connectivity index (χ0) is 8.55. The number of carbonyl (C=O) groups excluding carboxylic acids is 1. The van der Waals surface area contributed by atoms with Gasteiger partial charge in [-0.3, -0.25) is 4.79 Å². The largest absolute Gasteiger partial charge is 0.365 e. The van der Waals surface area contributed by atoms with Crippen molar-refractivity contribution in [2.45, 2.75) is 0 Å². The minimum Gasteiger partial charge on any atom is -0.365 e. The summed E-state index contributed by atoms with van der Waals surface area (Å²) >= 11 is 0. The van der Waals surface area contributed by atoms with E-state index in [4.69, 9.17) is 5.73 Å². The highest BCUT2D eigenvalue weighted by Gasteiger charge is 2.07. The van der Waals surface area contributed by atoms with Gasteiger partial charge >= 0.3 is 0 Å². The molecule has 0 aliphatic carbocycles. The van der Waals surface area contributed by atoms with Crippen molar-refractivity contribution in [1.82, 2.24) is 14.6 Å². The van der Waals surface area contributed by atoms with E-state index < -0.39 is 5.91 Å². The number of primary amides is 1. The van der Waals surface area contributed by atoms with Crippen LogP contribution >= 0.6 is 0 Å². The van der Waals surface area contributed by atoms with Crippen LogP contribution in [-0.2, 0) is 0 Å². The predicted octanol–water partition coefficient (Wildman–Crippen LogP) is -0.172. The molecule has 0 atom stereocenters. The summed E-state index contributed by atoms with van der Waals surface area (Å²) in [5.41, 5.74) is 6.20. The van der Waals surface area contributed by atoms with Gasteiger partial charge in [0.05, 0.1) is 17.3 Å². The Labute approximate surface area is 67.8 Å². The van der Waals surface area contributed by atoms with Crippen LogP contribution in [0.3, 0.4) is 0 Å². The highest BCUT2D eigenvalue weighted by molar-refractivity contribution is 5.99. The van der Waals surface area contributed by atoms with E-state index in [-0.39, 0.29) is 0 Å². The fraction of sp³-hybridized carbons (Fsp3) is 0. The molecule has 2 heterocycles. The van der Waals surface area contributed by atoms with Gasteiger partial charge in [0.2, 0.25) is 0 Å². The fourth-order valence-corrected chi connectivity index (χ4v) is 1.03. The molecule has 0 fully saturated rings. The summed E-state index contributed by atoms with van der Waals surface area (Å²) in [5.74, 6) is -0.476. The molecule has 2 aromatic rings. The number of carbonyl (C=O) groups is 1. The van der Waals surface area contributed by atoms with Crippen LogP contribution in [0.4, 0.5) is 0 Å². The molecule has 0 saturated heterocycles. The van der Waals surface area contributed by atoms with Crippen molar-refractivity contribution in [2.75, 3.05) is 0 Å². The number of fused-ring (bicyclic) bond motifs is 1. The molecule has 5 heteroatoms. The van der Waals surface area contributed by atoms with E-state index in [1.807, 2.05) is 0 Å². The van der Waals surface area contributed by atoms with E-state index in [1.165, 1.54) is 17.0 Å². The summed E-state index contributed by atoms with van der Waals surface area (Å²) in [5, 5.41) is 3.89. The first-order chi connectivity index (χ1) is 5.79. The number of nitrogens with two attached hydrogens (primary N) is 1. The lowest BCUT2D eigenvalue weighted by molar-refractivity contribution is 0.100. The smallest absolute Gasteiger partial charge is 0.252 e. The van der Waals surface area contributed by atoms with Crippen LogP contribution in [-0.4, -0.2) is 20.5 Å². The SMILES string of the molecule is NC(=O)c1cnn2cnccc12. The van der Waals surface area contributed by atoms with Gasteiger partial charge in [-0.05, 0) is 6.07 Å². The van der Waals surface area contributed by atoms with Gasteiger partial charge in [0.15, 0.2) is 0 Å². The summed E-state index contributed by atoms with van der Waals surface area (Å²) in [6.07, 6.45) is 4.53. The van der Waals surface area contributed by atoms with E-state index in [1.54, 1.807) is 12.3 Å².